The van der Waals surface area contributed by atoms with Gasteiger partial charge in [0.2, 0.25) is 0 Å². The number of carboxylic acids is 1. The summed E-state index contributed by atoms with van der Waals surface area (Å²) in [5.74, 6) is -1.05. The standard InChI is InChI=1S/C9H6BrNO2S/c10-3-8-5(4-11)1-6(14)2-7(8)9(12)13/h1-2,14H,3H2,(H,12,13). The average molecular weight is 272 g/mol. The molecule has 1 N–H and O–H groups in total. The van der Waals surface area contributed by atoms with Crippen LogP contribution < -0.4 is 0 Å². The lowest BCUT2D eigenvalue weighted by atomic mass is 10.0. The first-order valence-electron chi connectivity index (χ1n) is 3.65. The van der Waals surface area contributed by atoms with Crippen molar-refractivity contribution in [1.82, 2.24) is 0 Å². The minimum absolute atomic E-state index is 0.117. The van der Waals surface area contributed by atoms with E-state index in [4.69, 9.17) is 10.4 Å². The Kier molecular flexibility index (Phi) is 3.55. The summed E-state index contributed by atoms with van der Waals surface area (Å²) in [6, 6.07) is 4.92. The van der Waals surface area contributed by atoms with Gasteiger partial charge in [-0.05, 0) is 17.7 Å². The monoisotopic (exact) mass is 271 g/mol. The molecule has 1 rings (SSSR count). The number of hydrogen-bond acceptors (Lipinski definition) is 3. The maximum absolute atomic E-state index is 10.8. The van der Waals surface area contributed by atoms with Crippen LogP contribution >= 0.6 is 28.6 Å². The molecule has 0 saturated carbocycles. The largest absolute Gasteiger partial charge is 0.478 e. The second-order valence-electron chi connectivity index (χ2n) is 2.57. The Morgan fingerprint density at radius 1 is 1.64 bits per heavy atom. The van der Waals surface area contributed by atoms with Crippen molar-refractivity contribution in [2.45, 2.75) is 10.2 Å². The molecule has 0 aliphatic rings. The van der Waals surface area contributed by atoms with Crippen LogP contribution in [0.4, 0.5) is 0 Å². The molecular weight excluding hydrogens is 266 g/mol. The maximum atomic E-state index is 10.8. The highest BCUT2D eigenvalue weighted by Crippen LogP contribution is 2.22. The molecule has 0 heterocycles. The van der Waals surface area contributed by atoms with Gasteiger partial charge >= 0.3 is 5.97 Å². The van der Waals surface area contributed by atoms with Crippen LogP contribution in [0.5, 0.6) is 0 Å². The van der Waals surface area contributed by atoms with Crippen molar-refractivity contribution in [3.63, 3.8) is 0 Å². The first-order chi connectivity index (χ1) is 6.60. The van der Waals surface area contributed by atoms with Gasteiger partial charge in [0.25, 0.3) is 0 Å². The highest BCUT2D eigenvalue weighted by molar-refractivity contribution is 9.08. The number of alkyl halides is 1. The molecule has 0 unspecified atom stereocenters. The summed E-state index contributed by atoms with van der Waals surface area (Å²) in [6.45, 7) is 0. The van der Waals surface area contributed by atoms with Crippen molar-refractivity contribution in [2.24, 2.45) is 0 Å². The summed E-state index contributed by atoms with van der Waals surface area (Å²) in [7, 11) is 0. The number of carboxylic acid groups (broad SMARTS) is 1. The molecule has 0 amide bonds. The summed E-state index contributed by atoms with van der Waals surface area (Å²) in [4.78, 5) is 11.3. The van der Waals surface area contributed by atoms with Crippen LogP contribution in [0.3, 0.4) is 0 Å². The van der Waals surface area contributed by atoms with Gasteiger partial charge in [-0.3, -0.25) is 0 Å². The van der Waals surface area contributed by atoms with E-state index in [1.165, 1.54) is 6.07 Å². The first-order valence-corrected chi connectivity index (χ1v) is 5.22. The third kappa shape index (κ3) is 2.08. The molecule has 0 fully saturated rings. The summed E-state index contributed by atoms with van der Waals surface area (Å²) in [6.07, 6.45) is 0. The number of thiol groups is 1. The van der Waals surface area contributed by atoms with E-state index in [0.717, 1.165) is 0 Å². The number of hydrogen-bond donors (Lipinski definition) is 2. The Morgan fingerprint density at radius 3 is 2.71 bits per heavy atom. The lowest BCUT2D eigenvalue weighted by Gasteiger charge is -2.05. The normalized spacial score (nSPS) is 9.50. The third-order valence-corrected chi connectivity index (χ3v) is 2.54. The molecule has 5 heteroatoms. The highest BCUT2D eigenvalue weighted by Gasteiger charge is 2.14. The summed E-state index contributed by atoms with van der Waals surface area (Å²) >= 11 is 7.18. The number of nitriles is 1. The van der Waals surface area contributed by atoms with Crippen molar-refractivity contribution in [3.05, 3.63) is 28.8 Å². The van der Waals surface area contributed by atoms with Crippen molar-refractivity contribution >= 4 is 34.5 Å². The predicted molar refractivity (Wildman–Crippen MR) is 58.0 cm³/mol. The number of rotatable bonds is 2. The quantitative estimate of drug-likeness (QED) is 0.642. The Morgan fingerprint density at radius 2 is 2.29 bits per heavy atom. The molecule has 0 spiro atoms. The topological polar surface area (TPSA) is 61.1 Å². The minimum Gasteiger partial charge on any atom is -0.478 e. The van der Waals surface area contributed by atoms with Crippen LogP contribution in [-0.2, 0) is 5.33 Å². The first kappa shape index (κ1) is 11.1. The molecule has 3 nitrogen and oxygen atoms in total. The van der Waals surface area contributed by atoms with Gasteiger partial charge < -0.3 is 5.11 Å². The molecular formula is C9H6BrNO2S. The molecule has 0 radical (unpaired) electrons. The zero-order chi connectivity index (χ0) is 10.7. The van der Waals surface area contributed by atoms with E-state index in [1.54, 1.807) is 6.07 Å². The van der Waals surface area contributed by atoms with Crippen LogP contribution in [0.1, 0.15) is 21.5 Å². The van der Waals surface area contributed by atoms with Gasteiger partial charge in [-0.25, -0.2) is 4.79 Å². The van der Waals surface area contributed by atoms with Crippen molar-refractivity contribution in [3.8, 4) is 6.07 Å². The molecule has 14 heavy (non-hydrogen) atoms. The van der Waals surface area contributed by atoms with E-state index in [1.807, 2.05) is 6.07 Å². The fourth-order valence-electron chi connectivity index (χ4n) is 1.09. The Hall–Kier alpha value is -0.990. The number of nitrogens with zero attached hydrogens (tertiary/aromatic N) is 1. The maximum Gasteiger partial charge on any atom is 0.336 e. The predicted octanol–water partition coefficient (Wildman–Crippen LogP) is 2.44. The summed E-state index contributed by atoms with van der Waals surface area (Å²) < 4.78 is 0. The van der Waals surface area contributed by atoms with Crippen LogP contribution in [0.2, 0.25) is 0 Å². The van der Waals surface area contributed by atoms with Crippen LogP contribution in [-0.4, -0.2) is 11.1 Å². The molecule has 0 aliphatic heterocycles. The number of aromatic carboxylic acids is 1. The number of halogens is 1. The van der Waals surface area contributed by atoms with E-state index in [9.17, 15) is 4.79 Å². The third-order valence-electron chi connectivity index (χ3n) is 1.72. The Balaban J connectivity index is 3.49. The molecule has 72 valence electrons. The second-order valence-corrected chi connectivity index (χ2v) is 3.65. The lowest BCUT2D eigenvalue weighted by Crippen LogP contribution is -2.03. The highest BCUT2D eigenvalue weighted by atomic mass is 79.9. The molecule has 0 aromatic heterocycles. The van der Waals surface area contributed by atoms with Crippen LogP contribution in [0.25, 0.3) is 0 Å². The van der Waals surface area contributed by atoms with Crippen LogP contribution in [0, 0.1) is 11.3 Å². The number of carbonyl (C=O) groups is 1. The van der Waals surface area contributed by atoms with Crippen molar-refractivity contribution in [1.29, 1.82) is 5.26 Å². The smallest absolute Gasteiger partial charge is 0.336 e. The molecule has 0 atom stereocenters. The van der Waals surface area contributed by atoms with E-state index in [-0.39, 0.29) is 5.56 Å². The van der Waals surface area contributed by atoms with Gasteiger partial charge in [-0.1, -0.05) is 15.9 Å². The van der Waals surface area contributed by atoms with Gasteiger partial charge in [0.05, 0.1) is 17.2 Å². The van der Waals surface area contributed by atoms with Gasteiger partial charge in [0.1, 0.15) is 0 Å². The zero-order valence-electron chi connectivity index (χ0n) is 6.99. The fourth-order valence-corrected chi connectivity index (χ4v) is 1.95. The minimum atomic E-state index is -1.05. The SMILES string of the molecule is N#Cc1cc(S)cc(C(=O)O)c1CBr. The second kappa shape index (κ2) is 4.49. The molecule has 0 aliphatic carbocycles. The molecule has 0 saturated heterocycles. The lowest BCUT2D eigenvalue weighted by molar-refractivity contribution is 0.0695. The Bertz CT molecular complexity index is 426. The van der Waals surface area contributed by atoms with Crippen molar-refractivity contribution < 1.29 is 9.90 Å². The van der Waals surface area contributed by atoms with Crippen LogP contribution in [0.15, 0.2) is 17.0 Å². The summed E-state index contributed by atoms with van der Waals surface area (Å²) in [5.41, 5.74) is 0.940. The van der Waals surface area contributed by atoms with E-state index in [0.29, 0.717) is 21.4 Å². The Labute approximate surface area is 94.9 Å². The molecule has 1 aromatic rings. The molecule has 1 aromatic carbocycles. The van der Waals surface area contributed by atoms with Gasteiger partial charge in [-0.2, -0.15) is 5.26 Å². The van der Waals surface area contributed by atoms with Gasteiger partial charge in [-0.15, -0.1) is 12.6 Å². The zero-order valence-corrected chi connectivity index (χ0v) is 9.47. The average Bonchev–Trinajstić information content (AvgIpc) is 2.16. The van der Waals surface area contributed by atoms with Gasteiger partial charge in [0, 0.05) is 10.2 Å². The van der Waals surface area contributed by atoms with E-state index >= 15 is 0 Å². The number of benzene rings is 1. The summed E-state index contributed by atoms with van der Waals surface area (Å²) in [5, 5.41) is 18.0. The van der Waals surface area contributed by atoms with E-state index in [2.05, 4.69) is 28.6 Å². The van der Waals surface area contributed by atoms with E-state index < -0.39 is 5.97 Å². The van der Waals surface area contributed by atoms with Crippen molar-refractivity contribution in [2.75, 3.05) is 0 Å². The fraction of sp³-hybridized carbons (Fsp3) is 0.111. The molecule has 0 bridgehead atoms. The van der Waals surface area contributed by atoms with Gasteiger partial charge in [0.15, 0.2) is 0 Å².